The van der Waals surface area contributed by atoms with E-state index in [2.05, 4.69) is 5.32 Å². The number of anilines is 1. The summed E-state index contributed by atoms with van der Waals surface area (Å²) in [6, 6.07) is 3.45. The summed E-state index contributed by atoms with van der Waals surface area (Å²) in [5.74, 6) is -3.36. The summed E-state index contributed by atoms with van der Waals surface area (Å²) >= 11 is 11.4. The van der Waals surface area contributed by atoms with Crippen LogP contribution in [0.5, 0.6) is 0 Å². The van der Waals surface area contributed by atoms with Gasteiger partial charge < -0.3 is 15.7 Å². The second-order valence-corrected chi connectivity index (χ2v) is 4.35. The third kappa shape index (κ3) is 5.03. The molecule has 1 rings (SSSR count). The summed E-state index contributed by atoms with van der Waals surface area (Å²) in [6.45, 7) is -2.31. The minimum atomic E-state index is -3.36. The van der Waals surface area contributed by atoms with Crippen LogP contribution < -0.4 is 10.6 Å². The zero-order valence-corrected chi connectivity index (χ0v) is 10.5. The highest BCUT2D eigenvalue weighted by atomic mass is 35.5. The predicted molar refractivity (Wildman–Crippen MR) is 65.5 cm³/mol. The van der Waals surface area contributed by atoms with Gasteiger partial charge in [-0.05, 0) is 18.2 Å². The summed E-state index contributed by atoms with van der Waals surface area (Å²) in [7, 11) is 0. The van der Waals surface area contributed by atoms with E-state index in [0.29, 0.717) is 10.0 Å². The molecule has 0 heterocycles. The highest BCUT2D eigenvalue weighted by molar-refractivity contribution is 6.35. The first kappa shape index (κ1) is 14.9. The number of rotatable bonds is 4. The van der Waals surface area contributed by atoms with Crippen molar-refractivity contribution in [3.05, 3.63) is 28.2 Å². The normalized spacial score (nSPS) is 11.2. The van der Waals surface area contributed by atoms with Crippen LogP contribution in [0, 0.1) is 0 Å². The zero-order chi connectivity index (χ0) is 13.8. The standard InChI is InChI=1S/C10H10Cl2F2N2O2/c11-6-1-7(12)3-8(2-6)16-9(18)15-4-10(13,14)5-17/h1-3,17H,4-5H2,(H2,15,16,18). The van der Waals surface area contributed by atoms with Crippen LogP contribution >= 0.6 is 23.2 Å². The molecule has 18 heavy (non-hydrogen) atoms. The molecular formula is C10H10Cl2F2N2O2. The molecular weight excluding hydrogens is 289 g/mol. The molecule has 4 nitrogen and oxygen atoms in total. The van der Waals surface area contributed by atoms with Gasteiger partial charge in [0.25, 0.3) is 5.92 Å². The van der Waals surface area contributed by atoms with E-state index >= 15 is 0 Å². The molecule has 0 spiro atoms. The monoisotopic (exact) mass is 298 g/mol. The highest BCUT2D eigenvalue weighted by Crippen LogP contribution is 2.22. The Labute approximate surface area is 112 Å². The summed E-state index contributed by atoms with van der Waals surface area (Å²) in [5.41, 5.74) is 0.275. The number of hydrogen-bond donors (Lipinski definition) is 3. The van der Waals surface area contributed by atoms with E-state index in [9.17, 15) is 13.6 Å². The lowest BCUT2D eigenvalue weighted by Crippen LogP contribution is -2.40. The molecule has 0 fully saturated rings. The lowest BCUT2D eigenvalue weighted by atomic mass is 10.3. The Morgan fingerprint density at radius 3 is 2.33 bits per heavy atom. The Hall–Kier alpha value is -1.11. The molecule has 0 aromatic heterocycles. The Morgan fingerprint density at radius 1 is 1.28 bits per heavy atom. The maximum atomic E-state index is 12.6. The zero-order valence-electron chi connectivity index (χ0n) is 9.01. The largest absolute Gasteiger partial charge is 0.390 e. The van der Waals surface area contributed by atoms with E-state index in [-0.39, 0.29) is 5.69 Å². The maximum absolute atomic E-state index is 12.6. The van der Waals surface area contributed by atoms with Gasteiger partial charge in [-0.3, -0.25) is 0 Å². The van der Waals surface area contributed by atoms with Crippen LogP contribution in [0.1, 0.15) is 0 Å². The van der Waals surface area contributed by atoms with E-state index < -0.39 is 25.1 Å². The van der Waals surface area contributed by atoms with Crippen molar-refractivity contribution in [2.45, 2.75) is 5.92 Å². The maximum Gasteiger partial charge on any atom is 0.319 e. The van der Waals surface area contributed by atoms with E-state index in [1.165, 1.54) is 18.2 Å². The van der Waals surface area contributed by atoms with Crippen molar-refractivity contribution < 1.29 is 18.7 Å². The topological polar surface area (TPSA) is 61.4 Å². The summed E-state index contributed by atoms with van der Waals surface area (Å²) in [5, 5.41) is 13.1. The number of aliphatic hydroxyl groups excluding tert-OH is 1. The van der Waals surface area contributed by atoms with Gasteiger partial charge in [0, 0.05) is 15.7 Å². The molecule has 0 bridgehead atoms. The molecule has 0 saturated heterocycles. The summed E-state index contributed by atoms with van der Waals surface area (Å²) < 4.78 is 25.3. The van der Waals surface area contributed by atoms with E-state index in [1.807, 2.05) is 5.32 Å². The Balaban J connectivity index is 2.55. The van der Waals surface area contributed by atoms with Crippen LogP contribution in [0.15, 0.2) is 18.2 Å². The lowest BCUT2D eigenvalue weighted by molar-refractivity contribution is -0.0451. The van der Waals surface area contributed by atoms with Gasteiger partial charge in [-0.25, -0.2) is 13.6 Å². The third-order valence-corrected chi connectivity index (χ3v) is 2.30. The SMILES string of the molecule is O=C(NCC(F)(F)CO)Nc1cc(Cl)cc(Cl)c1. The minimum absolute atomic E-state index is 0.275. The first-order valence-corrected chi connectivity index (χ1v) is 5.57. The molecule has 1 aromatic rings. The van der Waals surface area contributed by atoms with E-state index in [0.717, 1.165) is 0 Å². The van der Waals surface area contributed by atoms with Gasteiger partial charge in [0.1, 0.15) is 6.61 Å². The molecule has 0 unspecified atom stereocenters. The number of aliphatic hydroxyl groups is 1. The Morgan fingerprint density at radius 2 is 1.83 bits per heavy atom. The smallest absolute Gasteiger partial charge is 0.319 e. The van der Waals surface area contributed by atoms with Crippen molar-refractivity contribution in [2.75, 3.05) is 18.5 Å². The average molecular weight is 299 g/mol. The van der Waals surface area contributed by atoms with E-state index in [4.69, 9.17) is 28.3 Å². The molecule has 100 valence electrons. The molecule has 0 aliphatic heterocycles. The van der Waals surface area contributed by atoms with Crippen LogP contribution in [0.25, 0.3) is 0 Å². The fraction of sp³-hybridized carbons (Fsp3) is 0.300. The van der Waals surface area contributed by atoms with Gasteiger partial charge in [0.15, 0.2) is 0 Å². The molecule has 0 aliphatic rings. The fourth-order valence-corrected chi connectivity index (χ4v) is 1.59. The van der Waals surface area contributed by atoms with Crippen molar-refractivity contribution in [3.8, 4) is 0 Å². The van der Waals surface area contributed by atoms with Crippen LogP contribution in [0.4, 0.5) is 19.3 Å². The van der Waals surface area contributed by atoms with Gasteiger partial charge >= 0.3 is 6.03 Å². The fourth-order valence-electron chi connectivity index (χ4n) is 1.07. The molecule has 0 saturated carbocycles. The van der Waals surface area contributed by atoms with Gasteiger partial charge in [-0.1, -0.05) is 23.2 Å². The summed E-state index contributed by atoms with van der Waals surface area (Å²) in [6.07, 6.45) is 0. The molecule has 2 amide bonds. The number of carbonyl (C=O) groups is 1. The number of amides is 2. The first-order valence-electron chi connectivity index (χ1n) is 4.82. The van der Waals surface area contributed by atoms with Crippen molar-refractivity contribution in [2.24, 2.45) is 0 Å². The first-order chi connectivity index (χ1) is 8.32. The summed E-state index contributed by atoms with van der Waals surface area (Å²) in [4.78, 5) is 11.3. The van der Waals surface area contributed by atoms with Crippen LogP contribution in [-0.2, 0) is 0 Å². The molecule has 1 aromatic carbocycles. The van der Waals surface area contributed by atoms with Gasteiger partial charge in [0.05, 0.1) is 6.54 Å². The number of benzene rings is 1. The van der Waals surface area contributed by atoms with Crippen molar-refractivity contribution in [1.29, 1.82) is 0 Å². The Kier molecular flexibility index (Phi) is 5.13. The van der Waals surface area contributed by atoms with Gasteiger partial charge in [0.2, 0.25) is 0 Å². The number of nitrogens with one attached hydrogen (secondary N) is 2. The number of halogens is 4. The molecule has 8 heteroatoms. The molecule has 0 radical (unpaired) electrons. The highest BCUT2D eigenvalue weighted by Gasteiger charge is 2.28. The van der Waals surface area contributed by atoms with Crippen molar-refractivity contribution in [1.82, 2.24) is 5.32 Å². The molecule has 0 aliphatic carbocycles. The van der Waals surface area contributed by atoms with Crippen molar-refractivity contribution in [3.63, 3.8) is 0 Å². The van der Waals surface area contributed by atoms with Crippen molar-refractivity contribution >= 4 is 34.9 Å². The van der Waals surface area contributed by atoms with E-state index in [1.54, 1.807) is 0 Å². The second-order valence-electron chi connectivity index (χ2n) is 3.48. The lowest BCUT2D eigenvalue weighted by Gasteiger charge is -2.14. The number of hydrogen-bond acceptors (Lipinski definition) is 2. The van der Waals surface area contributed by atoms with Crippen LogP contribution in [-0.4, -0.2) is 30.2 Å². The number of carbonyl (C=O) groups excluding carboxylic acids is 1. The van der Waals surface area contributed by atoms with Gasteiger partial charge in [-0.2, -0.15) is 0 Å². The minimum Gasteiger partial charge on any atom is -0.390 e. The number of urea groups is 1. The second kappa shape index (κ2) is 6.17. The van der Waals surface area contributed by atoms with Crippen LogP contribution in [0.2, 0.25) is 10.0 Å². The molecule has 0 atom stereocenters. The predicted octanol–water partition coefficient (Wildman–Crippen LogP) is 2.74. The Bertz CT molecular complexity index is 424. The quantitative estimate of drug-likeness (QED) is 0.800. The molecule has 3 N–H and O–H groups in total. The van der Waals surface area contributed by atoms with Gasteiger partial charge in [-0.15, -0.1) is 0 Å². The van der Waals surface area contributed by atoms with Crippen LogP contribution in [0.3, 0.4) is 0 Å². The number of alkyl halides is 2. The third-order valence-electron chi connectivity index (χ3n) is 1.86. The average Bonchev–Trinajstić information content (AvgIpc) is 2.25.